The van der Waals surface area contributed by atoms with Gasteiger partial charge in [0.05, 0.1) is 4.21 Å². The van der Waals surface area contributed by atoms with E-state index in [1.807, 2.05) is 32.4 Å². The van der Waals surface area contributed by atoms with Crippen molar-refractivity contribution in [2.24, 2.45) is 0 Å². The van der Waals surface area contributed by atoms with Crippen LogP contribution in [-0.2, 0) is 6.42 Å². The molecule has 0 amide bonds. The molecule has 2 aromatic rings. The van der Waals surface area contributed by atoms with Gasteiger partial charge in [0.2, 0.25) is 0 Å². The number of hydrogen-bond donors (Lipinski definition) is 0. The summed E-state index contributed by atoms with van der Waals surface area (Å²) in [6.07, 6.45) is 3.24. The average Bonchev–Trinajstić information content (AvgIpc) is 2.86. The number of rotatable bonds is 4. The molecule has 1 aromatic heterocycles. The van der Waals surface area contributed by atoms with E-state index in [1.165, 1.54) is 14.4 Å². The van der Waals surface area contributed by atoms with Gasteiger partial charge in [0.1, 0.15) is 13.6 Å². The molecule has 1 nitrogen and oxygen atoms in total. The maximum absolute atomic E-state index is 2.34. The standard InChI is InChI=1S/C13H16NS3/c1-14(12-10-13(15-2)17-16-12)9-8-11-6-4-3-5-7-11/h3-7,10H,8-9H2,1-2H3/q+1. The summed E-state index contributed by atoms with van der Waals surface area (Å²) >= 11 is 1.82. The molecule has 0 N–H and O–H groups in total. The van der Waals surface area contributed by atoms with E-state index in [-0.39, 0.29) is 0 Å². The minimum absolute atomic E-state index is 1.07. The Balaban J connectivity index is 2.06. The Morgan fingerprint density at radius 3 is 2.59 bits per heavy atom. The highest BCUT2D eigenvalue weighted by Crippen LogP contribution is 2.20. The molecule has 90 valence electrons. The number of benzene rings is 1. The first-order valence-electron chi connectivity index (χ1n) is 5.52. The monoisotopic (exact) mass is 282 g/mol. The largest absolute Gasteiger partial charge is 0.267 e. The van der Waals surface area contributed by atoms with Gasteiger partial charge in [0.25, 0.3) is 4.67 Å². The van der Waals surface area contributed by atoms with Gasteiger partial charge in [-0.1, -0.05) is 40.7 Å². The summed E-state index contributed by atoms with van der Waals surface area (Å²) in [5.41, 5.74) is 1.41. The van der Waals surface area contributed by atoms with E-state index in [9.17, 15) is 0 Å². The molecule has 1 heterocycles. The molecule has 17 heavy (non-hydrogen) atoms. The van der Waals surface area contributed by atoms with Crippen LogP contribution in [0.1, 0.15) is 5.56 Å². The summed E-state index contributed by atoms with van der Waals surface area (Å²) in [5.74, 6) is 0. The number of likely N-dealkylation sites (N-methyl/N-ethyl adjacent to an activating group) is 1. The topological polar surface area (TPSA) is 3.01 Å². The van der Waals surface area contributed by atoms with Crippen LogP contribution < -0.4 is 9.25 Å². The third-order valence-corrected chi connectivity index (χ3v) is 6.46. The molecular weight excluding hydrogens is 266 g/mol. The molecular formula is C13H16NS3+. The van der Waals surface area contributed by atoms with Crippen molar-refractivity contribution in [3.05, 3.63) is 46.6 Å². The number of thioether (sulfide) groups is 1. The SMILES string of the molecule is CSc1cc(=[N+](C)CCc2ccccc2)ss1. The summed E-state index contributed by atoms with van der Waals surface area (Å²) < 4.78 is 5.11. The molecule has 0 radical (unpaired) electrons. The summed E-state index contributed by atoms with van der Waals surface area (Å²) in [6.45, 7) is 1.07. The summed E-state index contributed by atoms with van der Waals surface area (Å²) in [4.78, 5) is 0. The van der Waals surface area contributed by atoms with Crippen LogP contribution in [0.25, 0.3) is 0 Å². The van der Waals surface area contributed by atoms with Crippen molar-refractivity contribution < 1.29 is 0 Å². The molecule has 0 unspecified atom stereocenters. The van der Waals surface area contributed by atoms with E-state index < -0.39 is 0 Å². The minimum Gasteiger partial charge on any atom is -0.223 e. The molecule has 0 saturated heterocycles. The zero-order valence-electron chi connectivity index (χ0n) is 10.1. The number of hydrogen-bond acceptors (Lipinski definition) is 3. The van der Waals surface area contributed by atoms with Crippen molar-refractivity contribution in [2.75, 3.05) is 19.8 Å². The van der Waals surface area contributed by atoms with Crippen LogP contribution in [0.3, 0.4) is 0 Å². The van der Waals surface area contributed by atoms with E-state index in [2.05, 4.69) is 54.3 Å². The maximum Gasteiger partial charge on any atom is 0.267 e. The highest BCUT2D eigenvalue weighted by Gasteiger charge is 2.04. The van der Waals surface area contributed by atoms with Crippen molar-refractivity contribution in [1.29, 1.82) is 0 Å². The van der Waals surface area contributed by atoms with Gasteiger partial charge in [-0.15, -0.1) is 11.8 Å². The first-order chi connectivity index (χ1) is 8.29. The van der Waals surface area contributed by atoms with Gasteiger partial charge >= 0.3 is 0 Å². The fourth-order valence-corrected chi connectivity index (χ4v) is 5.01. The molecule has 1 aromatic carbocycles. The Bertz CT molecular complexity index is 525. The van der Waals surface area contributed by atoms with Crippen LogP contribution in [0.5, 0.6) is 0 Å². The molecule has 2 rings (SSSR count). The van der Waals surface area contributed by atoms with Gasteiger partial charge in [-0.25, -0.2) is 4.58 Å². The van der Waals surface area contributed by atoms with E-state index in [1.54, 1.807) is 0 Å². The maximum atomic E-state index is 2.34. The Hall–Kier alpha value is -0.580. The smallest absolute Gasteiger partial charge is 0.223 e. The fourth-order valence-electron chi connectivity index (χ4n) is 1.55. The second-order valence-corrected chi connectivity index (χ2v) is 7.13. The zero-order chi connectivity index (χ0) is 12.1. The van der Waals surface area contributed by atoms with E-state index >= 15 is 0 Å². The molecule has 0 atom stereocenters. The lowest BCUT2D eigenvalue weighted by Gasteiger charge is -1.97. The van der Waals surface area contributed by atoms with Crippen molar-refractivity contribution in [2.45, 2.75) is 10.6 Å². The van der Waals surface area contributed by atoms with Crippen LogP contribution in [0, 0.1) is 0 Å². The molecule has 4 heteroatoms. The Morgan fingerprint density at radius 2 is 1.94 bits per heavy atom. The lowest BCUT2D eigenvalue weighted by molar-refractivity contribution is 0.673. The summed E-state index contributed by atoms with van der Waals surface area (Å²) in [7, 11) is 5.90. The highest BCUT2D eigenvalue weighted by molar-refractivity contribution is 8.02. The van der Waals surface area contributed by atoms with Gasteiger partial charge in [0, 0.05) is 12.5 Å². The highest BCUT2D eigenvalue weighted by atomic mass is 32.9. The van der Waals surface area contributed by atoms with Crippen LogP contribution >= 0.6 is 32.4 Å². The normalized spacial score (nSPS) is 12.6. The first-order valence-corrected chi connectivity index (χ1v) is 8.89. The Morgan fingerprint density at radius 1 is 1.18 bits per heavy atom. The van der Waals surface area contributed by atoms with Crippen molar-refractivity contribution in [3.8, 4) is 0 Å². The molecule has 0 aliphatic carbocycles. The molecule has 0 fully saturated rings. The van der Waals surface area contributed by atoms with Gasteiger partial charge < -0.3 is 0 Å². The third kappa shape index (κ3) is 3.69. The van der Waals surface area contributed by atoms with Crippen molar-refractivity contribution in [1.82, 2.24) is 4.58 Å². The molecule has 0 spiro atoms. The van der Waals surface area contributed by atoms with E-state index in [4.69, 9.17) is 0 Å². The van der Waals surface area contributed by atoms with Gasteiger partial charge in [-0.3, -0.25) is 0 Å². The van der Waals surface area contributed by atoms with Gasteiger partial charge in [-0.2, -0.15) is 0 Å². The first kappa shape index (κ1) is 12.9. The lowest BCUT2D eigenvalue weighted by Crippen LogP contribution is -2.25. The zero-order valence-corrected chi connectivity index (χ0v) is 12.5. The average molecular weight is 282 g/mol. The van der Waals surface area contributed by atoms with Crippen LogP contribution in [0.2, 0.25) is 0 Å². The predicted molar refractivity (Wildman–Crippen MR) is 80.2 cm³/mol. The van der Waals surface area contributed by atoms with E-state index in [0.717, 1.165) is 13.0 Å². The van der Waals surface area contributed by atoms with Gasteiger partial charge in [-0.05, 0) is 22.2 Å². The lowest BCUT2D eigenvalue weighted by atomic mass is 10.1. The van der Waals surface area contributed by atoms with Crippen molar-refractivity contribution >= 4 is 32.4 Å². The second kappa shape index (κ2) is 6.38. The second-order valence-electron chi connectivity index (χ2n) is 3.83. The Kier molecular flexibility index (Phi) is 4.83. The summed E-state index contributed by atoms with van der Waals surface area (Å²) in [6, 6.07) is 12.9. The fraction of sp³-hybridized carbons (Fsp3) is 0.308. The quantitative estimate of drug-likeness (QED) is 0.473. The predicted octanol–water partition coefficient (Wildman–Crippen LogP) is 3.18. The van der Waals surface area contributed by atoms with Crippen LogP contribution in [0.15, 0.2) is 40.6 Å². The molecule has 0 aliphatic rings. The number of nitrogens with zero attached hydrogens (tertiary/aromatic N) is 1. The summed E-state index contributed by atoms with van der Waals surface area (Å²) in [5, 5.41) is 0. The van der Waals surface area contributed by atoms with Crippen LogP contribution in [0.4, 0.5) is 0 Å². The minimum atomic E-state index is 1.07. The van der Waals surface area contributed by atoms with E-state index in [0.29, 0.717) is 0 Å². The van der Waals surface area contributed by atoms with Crippen LogP contribution in [-0.4, -0.2) is 19.8 Å². The third-order valence-electron chi connectivity index (χ3n) is 2.61. The Labute approximate surface area is 114 Å². The molecule has 0 aliphatic heterocycles. The van der Waals surface area contributed by atoms with Crippen molar-refractivity contribution in [3.63, 3.8) is 0 Å². The van der Waals surface area contributed by atoms with Gasteiger partial charge in [0.15, 0.2) is 0 Å². The molecule has 0 saturated carbocycles. The molecule has 0 bridgehead atoms.